The minimum absolute atomic E-state index is 0.0304. The number of likely N-dealkylation sites (N-methyl/N-ethyl adjacent to an activating group) is 1. The SMILES string of the molecule is CC(C)(C)OC(=O)CCCOP(=O)(O)OCC[N+](C)(C)C. The molecule has 1 atom stereocenters. The van der Waals surface area contributed by atoms with E-state index < -0.39 is 13.4 Å². The van der Waals surface area contributed by atoms with Gasteiger partial charge in [-0.2, -0.15) is 0 Å². The molecule has 0 saturated carbocycles. The Kier molecular flexibility index (Phi) is 8.07. The van der Waals surface area contributed by atoms with Crippen molar-refractivity contribution >= 4 is 13.8 Å². The highest BCUT2D eigenvalue weighted by Crippen LogP contribution is 2.43. The number of hydrogen-bond acceptors (Lipinski definition) is 5. The molecule has 0 heterocycles. The molecule has 21 heavy (non-hydrogen) atoms. The zero-order valence-electron chi connectivity index (χ0n) is 13.9. The summed E-state index contributed by atoms with van der Waals surface area (Å²) in [6.07, 6.45) is 0.439. The van der Waals surface area contributed by atoms with E-state index in [-0.39, 0.29) is 25.6 Å². The molecule has 7 nitrogen and oxygen atoms in total. The predicted molar refractivity (Wildman–Crippen MR) is 79.7 cm³/mol. The number of nitrogens with zero attached hydrogens (tertiary/aromatic N) is 1. The first-order valence-corrected chi connectivity index (χ1v) is 8.44. The summed E-state index contributed by atoms with van der Waals surface area (Å²) in [6, 6.07) is 0. The standard InChI is InChI=1S/C13H28NO6P/c1-13(2,3)20-12(15)8-7-10-18-21(16,17)19-11-9-14(4,5)6/h7-11H2,1-6H3/p+1. The second kappa shape index (κ2) is 8.25. The number of phosphoric acid groups is 1. The van der Waals surface area contributed by atoms with Crippen molar-refractivity contribution in [3.63, 3.8) is 0 Å². The van der Waals surface area contributed by atoms with E-state index in [0.29, 0.717) is 17.4 Å². The summed E-state index contributed by atoms with van der Waals surface area (Å²) >= 11 is 0. The molecule has 126 valence electrons. The maximum atomic E-state index is 11.6. The van der Waals surface area contributed by atoms with E-state index in [4.69, 9.17) is 13.8 Å². The third-order valence-corrected chi connectivity index (χ3v) is 3.23. The molecule has 0 saturated heterocycles. The Morgan fingerprint density at radius 3 is 2.14 bits per heavy atom. The lowest BCUT2D eigenvalue weighted by molar-refractivity contribution is -0.870. The fourth-order valence-corrected chi connectivity index (χ4v) is 2.00. The molecular weight excluding hydrogens is 297 g/mol. The minimum atomic E-state index is -4.04. The van der Waals surface area contributed by atoms with Crippen LogP contribution in [0.5, 0.6) is 0 Å². The summed E-state index contributed by atoms with van der Waals surface area (Å²) in [7, 11) is 1.81. The molecule has 0 aliphatic rings. The van der Waals surface area contributed by atoms with Crippen LogP contribution in [0.1, 0.15) is 33.6 Å². The Morgan fingerprint density at radius 1 is 1.14 bits per heavy atom. The summed E-state index contributed by atoms with van der Waals surface area (Å²) in [4.78, 5) is 20.9. The van der Waals surface area contributed by atoms with Crippen LogP contribution >= 0.6 is 7.82 Å². The van der Waals surface area contributed by atoms with Crippen LogP contribution < -0.4 is 0 Å². The van der Waals surface area contributed by atoms with Crippen LogP contribution in [0.2, 0.25) is 0 Å². The molecule has 0 radical (unpaired) electrons. The van der Waals surface area contributed by atoms with Gasteiger partial charge in [0.05, 0.1) is 27.7 Å². The number of ether oxygens (including phenoxy) is 1. The Balaban J connectivity index is 3.85. The first-order valence-electron chi connectivity index (χ1n) is 6.95. The van der Waals surface area contributed by atoms with E-state index in [1.807, 2.05) is 21.1 Å². The van der Waals surface area contributed by atoms with Gasteiger partial charge in [0.2, 0.25) is 0 Å². The third-order valence-electron chi connectivity index (χ3n) is 2.22. The second-order valence-electron chi connectivity index (χ2n) is 6.84. The number of esters is 1. The highest BCUT2D eigenvalue weighted by atomic mass is 31.2. The van der Waals surface area contributed by atoms with Gasteiger partial charge in [0, 0.05) is 6.42 Å². The van der Waals surface area contributed by atoms with E-state index >= 15 is 0 Å². The predicted octanol–water partition coefficient (Wildman–Crippen LogP) is 1.95. The largest absolute Gasteiger partial charge is 0.472 e. The van der Waals surface area contributed by atoms with Gasteiger partial charge in [0.25, 0.3) is 0 Å². The third kappa shape index (κ3) is 14.2. The average Bonchev–Trinajstić information content (AvgIpc) is 2.19. The van der Waals surface area contributed by atoms with Crippen LogP contribution in [0.4, 0.5) is 0 Å². The number of hydrogen-bond donors (Lipinski definition) is 1. The first kappa shape index (κ1) is 20.5. The van der Waals surface area contributed by atoms with Gasteiger partial charge in [0.1, 0.15) is 18.8 Å². The molecule has 0 spiro atoms. The van der Waals surface area contributed by atoms with Crippen LogP contribution in [-0.4, -0.2) is 61.8 Å². The Labute approximate surface area is 127 Å². The zero-order valence-corrected chi connectivity index (χ0v) is 14.8. The molecule has 0 aromatic rings. The van der Waals surface area contributed by atoms with E-state index in [2.05, 4.69) is 0 Å². The molecule has 0 aromatic carbocycles. The highest BCUT2D eigenvalue weighted by molar-refractivity contribution is 7.47. The molecule has 0 aliphatic heterocycles. The van der Waals surface area contributed by atoms with Crippen molar-refractivity contribution in [3.05, 3.63) is 0 Å². The summed E-state index contributed by atoms with van der Waals surface area (Å²) in [6.45, 7) is 6.03. The first-order chi connectivity index (χ1) is 9.31. The lowest BCUT2D eigenvalue weighted by Gasteiger charge is -2.24. The van der Waals surface area contributed by atoms with E-state index in [9.17, 15) is 14.3 Å². The van der Waals surface area contributed by atoms with Gasteiger partial charge in [-0.1, -0.05) is 0 Å². The Bertz CT molecular complexity index is 372. The molecule has 0 amide bonds. The smallest absolute Gasteiger partial charge is 0.460 e. The molecule has 0 rings (SSSR count). The monoisotopic (exact) mass is 326 g/mol. The van der Waals surface area contributed by atoms with Gasteiger partial charge in [-0.3, -0.25) is 13.8 Å². The molecule has 0 fully saturated rings. The van der Waals surface area contributed by atoms with Gasteiger partial charge in [-0.05, 0) is 27.2 Å². The van der Waals surface area contributed by atoms with Crippen molar-refractivity contribution in [3.8, 4) is 0 Å². The van der Waals surface area contributed by atoms with Gasteiger partial charge in [0.15, 0.2) is 0 Å². The van der Waals surface area contributed by atoms with Crippen LogP contribution in [0, 0.1) is 0 Å². The van der Waals surface area contributed by atoms with Crippen molar-refractivity contribution in [2.24, 2.45) is 0 Å². The Hall–Kier alpha value is -0.460. The molecule has 8 heteroatoms. The zero-order chi connectivity index (χ0) is 16.7. The van der Waals surface area contributed by atoms with Crippen molar-refractivity contribution in [1.29, 1.82) is 0 Å². The summed E-state index contributed by atoms with van der Waals surface area (Å²) in [5, 5.41) is 0. The number of rotatable bonds is 9. The quantitative estimate of drug-likeness (QED) is 0.302. The lowest BCUT2D eigenvalue weighted by atomic mass is 10.2. The van der Waals surface area contributed by atoms with Crippen LogP contribution in [0.25, 0.3) is 0 Å². The lowest BCUT2D eigenvalue weighted by Crippen LogP contribution is -2.37. The fourth-order valence-electron chi connectivity index (χ4n) is 1.26. The fraction of sp³-hybridized carbons (Fsp3) is 0.923. The van der Waals surface area contributed by atoms with Crippen LogP contribution in [-0.2, 0) is 23.1 Å². The van der Waals surface area contributed by atoms with Gasteiger partial charge in [-0.25, -0.2) is 4.57 Å². The topological polar surface area (TPSA) is 82.1 Å². The summed E-state index contributed by atoms with van der Waals surface area (Å²) in [5.74, 6) is -0.357. The molecule has 0 aliphatic carbocycles. The van der Waals surface area contributed by atoms with E-state index in [1.165, 1.54) is 0 Å². The number of phosphoric ester groups is 1. The van der Waals surface area contributed by atoms with Crippen molar-refractivity contribution in [1.82, 2.24) is 0 Å². The molecule has 1 N–H and O–H groups in total. The Morgan fingerprint density at radius 2 is 1.67 bits per heavy atom. The highest BCUT2D eigenvalue weighted by Gasteiger charge is 2.22. The van der Waals surface area contributed by atoms with E-state index in [1.54, 1.807) is 20.8 Å². The van der Waals surface area contributed by atoms with Crippen molar-refractivity contribution in [2.75, 3.05) is 40.9 Å². The van der Waals surface area contributed by atoms with Crippen LogP contribution in [0.15, 0.2) is 0 Å². The number of carbonyl (C=O) groups excluding carboxylic acids is 1. The van der Waals surface area contributed by atoms with Gasteiger partial charge in [-0.15, -0.1) is 0 Å². The maximum Gasteiger partial charge on any atom is 0.472 e. The van der Waals surface area contributed by atoms with E-state index in [0.717, 1.165) is 0 Å². The molecule has 0 bridgehead atoms. The average molecular weight is 326 g/mol. The molecule has 1 unspecified atom stereocenters. The van der Waals surface area contributed by atoms with Gasteiger partial charge < -0.3 is 14.1 Å². The summed E-state index contributed by atoms with van der Waals surface area (Å²) < 4.78 is 26.9. The van der Waals surface area contributed by atoms with Crippen LogP contribution in [0.3, 0.4) is 0 Å². The maximum absolute atomic E-state index is 11.6. The second-order valence-corrected chi connectivity index (χ2v) is 8.29. The van der Waals surface area contributed by atoms with Crippen molar-refractivity contribution < 1.29 is 32.5 Å². The molecule has 0 aromatic heterocycles. The summed E-state index contributed by atoms with van der Waals surface area (Å²) in [5.41, 5.74) is -0.529. The van der Waals surface area contributed by atoms with Gasteiger partial charge >= 0.3 is 13.8 Å². The normalized spacial score (nSPS) is 15.6. The number of carbonyl (C=O) groups is 1. The number of quaternary nitrogens is 1. The minimum Gasteiger partial charge on any atom is -0.460 e. The van der Waals surface area contributed by atoms with Crippen molar-refractivity contribution in [2.45, 2.75) is 39.2 Å². The molecular formula is C13H29NO6P+.